The first-order valence-corrected chi connectivity index (χ1v) is 10.0. The van der Waals surface area contributed by atoms with Gasteiger partial charge in [-0.05, 0) is 78.3 Å². The van der Waals surface area contributed by atoms with Crippen molar-refractivity contribution >= 4 is 0 Å². The van der Waals surface area contributed by atoms with Crippen LogP contribution in [-0.2, 0) is 32.5 Å². The Morgan fingerprint density at radius 2 is 1.37 bits per heavy atom. The molecule has 0 radical (unpaired) electrons. The minimum atomic E-state index is -0.231. The molecule has 27 heavy (non-hydrogen) atoms. The van der Waals surface area contributed by atoms with Crippen LogP contribution < -0.4 is 0 Å². The third-order valence-corrected chi connectivity index (χ3v) is 5.43. The summed E-state index contributed by atoms with van der Waals surface area (Å²) in [5.74, 6) is 0.308. The van der Waals surface area contributed by atoms with Crippen LogP contribution in [0.15, 0.2) is 36.4 Å². The SMILES string of the molecule is Cc1cc(CCCc2ccc(CO)c(CO)c2)ccc1CCC(O)C(C)C. The second-order valence-corrected chi connectivity index (χ2v) is 7.88. The van der Waals surface area contributed by atoms with Crippen molar-refractivity contribution in [1.29, 1.82) is 0 Å². The highest BCUT2D eigenvalue weighted by Crippen LogP contribution is 2.19. The van der Waals surface area contributed by atoms with Crippen molar-refractivity contribution in [3.8, 4) is 0 Å². The highest BCUT2D eigenvalue weighted by atomic mass is 16.3. The van der Waals surface area contributed by atoms with Crippen molar-refractivity contribution < 1.29 is 15.3 Å². The highest BCUT2D eigenvalue weighted by molar-refractivity contribution is 5.33. The van der Waals surface area contributed by atoms with Gasteiger partial charge in [-0.3, -0.25) is 0 Å². The van der Waals surface area contributed by atoms with Crippen molar-refractivity contribution in [2.75, 3.05) is 0 Å². The molecule has 2 aromatic carbocycles. The molecule has 2 aromatic rings. The van der Waals surface area contributed by atoms with Crippen LogP contribution in [0.2, 0.25) is 0 Å². The summed E-state index contributed by atoms with van der Waals surface area (Å²) in [6.07, 6.45) is 4.53. The first-order chi connectivity index (χ1) is 12.9. The molecular formula is C24H34O3. The number of aliphatic hydroxyl groups excluding tert-OH is 3. The van der Waals surface area contributed by atoms with Gasteiger partial charge in [0.1, 0.15) is 0 Å². The lowest BCUT2D eigenvalue weighted by atomic mass is 9.94. The van der Waals surface area contributed by atoms with Gasteiger partial charge < -0.3 is 15.3 Å². The van der Waals surface area contributed by atoms with Crippen molar-refractivity contribution in [3.05, 3.63) is 69.8 Å². The first kappa shape index (κ1) is 21.6. The molecule has 0 spiro atoms. The van der Waals surface area contributed by atoms with E-state index in [1.54, 1.807) is 0 Å². The molecule has 3 nitrogen and oxygen atoms in total. The number of aryl methyl sites for hydroxylation is 4. The number of rotatable bonds is 10. The molecule has 0 aliphatic carbocycles. The maximum Gasteiger partial charge on any atom is 0.0685 e. The number of hydrogen-bond acceptors (Lipinski definition) is 3. The summed E-state index contributed by atoms with van der Waals surface area (Å²) in [6, 6.07) is 12.6. The van der Waals surface area contributed by atoms with E-state index in [4.69, 9.17) is 0 Å². The average molecular weight is 371 g/mol. The van der Waals surface area contributed by atoms with Crippen LogP contribution in [0.1, 0.15) is 60.1 Å². The molecule has 2 rings (SSSR count). The molecular weight excluding hydrogens is 336 g/mol. The molecule has 3 heteroatoms. The summed E-state index contributed by atoms with van der Waals surface area (Å²) in [5, 5.41) is 28.7. The zero-order valence-electron chi connectivity index (χ0n) is 16.9. The van der Waals surface area contributed by atoms with Gasteiger partial charge in [-0.25, -0.2) is 0 Å². The zero-order chi connectivity index (χ0) is 19.8. The van der Waals surface area contributed by atoms with E-state index in [2.05, 4.69) is 39.0 Å². The third kappa shape index (κ3) is 6.46. The van der Waals surface area contributed by atoms with E-state index in [1.807, 2.05) is 18.2 Å². The van der Waals surface area contributed by atoms with E-state index >= 15 is 0 Å². The maximum absolute atomic E-state index is 10.00. The van der Waals surface area contributed by atoms with Crippen LogP contribution in [-0.4, -0.2) is 21.4 Å². The van der Waals surface area contributed by atoms with Crippen LogP contribution >= 0.6 is 0 Å². The molecule has 0 amide bonds. The predicted octanol–water partition coefficient (Wildman–Crippen LogP) is 4.10. The number of aliphatic hydroxyl groups is 3. The Morgan fingerprint density at radius 3 is 1.93 bits per heavy atom. The van der Waals surface area contributed by atoms with Gasteiger partial charge in [0.15, 0.2) is 0 Å². The lowest BCUT2D eigenvalue weighted by Crippen LogP contribution is -2.15. The Balaban J connectivity index is 1.88. The van der Waals surface area contributed by atoms with Gasteiger partial charge in [0.2, 0.25) is 0 Å². The lowest BCUT2D eigenvalue weighted by molar-refractivity contribution is 0.116. The summed E-state index contributed by atoms with van der Waals surface area (Å²) in [6.45, 7) is 6.20. The zero-order valence-corrected chi connectivity index (χ0v) is 16.9. The minimum Gasteiger partial charge on any atom is -0.393 e. The fraction of sp³-hybridized carbons (Fsp3) is 0.500. The Hall–Kier alpha value is -1.68. The van der Waals surface area contributed by atoms with Crippen LogP contribution in [0.4, 0.5) is 0 Å². The average Bonchev–Trinajstić information content (AvgIpc) is 2.66. The maximum atomic E-state index is 10.00. The fourth-order valence-electron chi connectivity index (χ4n) is 3.46. The standard InChI is InChI=1S/C24H34O3/c1-17(2)24(27)12-11-21-9-7-19(13-18(21)3)5-4-6-20-8-10-22(15-25)23(14-20)16-26/h7-10,13-14,17,24-27H,4-6,11-12,15-16H2,1-3H3. The normalized spacial score (nSPS) is 12.6. The van der Waals surface area contributed by atoms with E-state index in [0.717, 1.165) is 43.2 Å². The Morgan fingerprint density at radius 1 is 0.778 bits per heavy atom. The van der Waals surface area contributed by atoms with Gasteiger partial charge in [-0.1, -0.05) is 50.2 Å². The number of hydrogen-bond donors (Lipinski definition) is 3. The lowest BCUT2D eigenvalue weighted by Gasteiger charge is -2.15. The van der Waals surface area contributed by atoms with Crippen LogP contribution in [0.5, 0.6) is 0 Å². The quantitative estimate of drug-likeness (QED) is 0.590. The predicted molar refractivity (Wildman–Crippen MR) is 111 cm³/mol. The fourth-order valence-corrected chi connectivity index (χ4v) is 3.46. The molecule has 1 atom stereocenters. The van der Waals surface area contributed by atoms with Gasteiger partial charge in [0.05, 0.1) is 19.3 Å². The van der Waals surface area contributed by atoms with Gasteiger partial charge in [0, 0.05) is 0 Å². The molecule has 0 aromatic heterocycles. The van der Waals surface area contributed by atoms with E-state index < -0.39 is 0 Å². The second kappa shape index (κ2) is 10.6. The Kier molecular flexibility index (Phi) is 8.49. The molecule has 0 aliphatic rings. The minimum absolute atomic E-state index is 0.0318. The van der Waals surface area contributed by atoms with Gasteiger partial charge in [0.25, 0.3) is 0 Å². The van der Waals surface area contributed by atoms with E-state index in [1.165, 1.54) is 22.3 Å². The van der Waals surface area contributed by atoms with E-state index in [-0.39, 0.29) is 19.3 Å². The van der Waals surface area contributed by atoms with Gasteiger partial charge in [-0.2, -0.15) is 0 Å². The third-order valence-electron chi connectivity index (χ3n) is 5.43. The van der Waals surface area contributed by atoms with Crippen LogP contribution in [0, 0.1) is 12.8 Å². The largest absolute Gasteiger partial charge is 0.393 e. The van der Waals surface area contributed by atoms with E-state index in [9.17, 15) is 15.3 Å². The van der Waals surface area contributed by atoms with Crippen molar-refractivity contribution in [2.24, 2.45) is 5.92 Å². The molecule has 0 fully saturated rings. The number of benzene rings is 2. The van der Waals surface area contributed by atoms with E-state index in [0.29, 0.717) is 5.92 Å². The van der Waals surface area contributed by atoms with Crippen molar-refractivity contribution in [1.82, 2.24) is 0 Å². The highest BCUT2D eigenvalue weighted by Gasteiger charge is 2.10. The second-order valence-electron chi connectivity index (χ2n) is 7.88. The molecule has 0 saturated carbocycles. The molecule has 3 N–H and O–H groups in total. The molecule has 0 saturated heterocycles. The first-order valence-electron chi connectivity index (χ1n) is 10.0. The summed E-state index contributed by atoms with van der Waals surface area (Å²) >= 11 is 0. The van der Waals surface area contributed by atoms with Crippen LogP contribution in [0.3, 0.4) is 0 Å². The summed E-state index contributed by atoms with van der Waals surface area (Å²) in [7, 11) is 0. The monoisotopic (exact) mass is 370 g/mol. The van der Waals surface area contributed by atoms with Crippen molar-refractivity contribution in [3.63, 3.8) is 0 Å². The summed E-state index contributed by atoms with van der Waals surface area (Å²) < 4.78 is 0. The van der Waals surface area contributed by atoms with Gasteiger partial charge >= 0.3 is 0 Å². The topological polar surface area (TPSA) is 60.7 Å². The summed E-state index contributed by atoms with van der Waals surface area (Å²) in [5.41, 5.74) is 6.79. The Labute approximate surface area is 163 Å². The smallest absolute Gasteiger partial charge is 0.0685 e. The Bertz CT molecular complexity index is 722. The molecule has 148 valence electrons. The van der Waals surface area contributed by atoms with Gasteiger partial charge in [-0.15, -0.1) is 0 Å². The van der Waals surface area contributed by atoms with Crippen LogP contribution in [0.25, 0.3) is 0 Å². The summed E-state index contributed by atoms with van der Waals surface area (Å²) in [4.78, 5) is 0. The molecule has 1 unspecified atom stereocenters. The molecule has 0 aliphatic heterocycles. The van der Waals surface area contributed by atoms with Crippen molar-refractivity contribution in [2.45, 2.75) is 72.2 Å². The molecule has 0 bridgehead atoms. The molecule has 0 heterocycles.